The van der Waals surface area contributed by atoms with Crippen molar-refractivity contribution in [3.05, 3.63) is 71.6 Å². The van der Waals surface area contributed by atoms with Crippen LogP contribution in [0.2, 0.25) is 0 Å². The molecule has 2 N–H and O–H groups in total. The van der Waals surface area contributed by atoms with Gasteiger partial charge in [0.2, 0.25) is 0 Å². The molecule has 0 saturated heterocycles. The van der Waals surface area contributed by atoms with Crippen LogP contribution in [0, 0.1) is 5.82 Å². The van der Waals surface area contributed by atoms with Crippen LogP contribution in [0.15, 0.2) is 54.6 Å². The van der Waals surface area contributed by atoms with E-state index in [9.17, 15) is 9.18 Å². The molecule has 3 nitrogen and oxygen atoms in total. The maximum atomic E-state index is 13.3. The largest absolute Gasteiger partial charge is 0.458 e. The molecule has 0 saturated carbocycles. The van der Waals surface area contributed by atoms with Crippen molar-refractivity contribution in [2.24, 2.45) is 0 Å². The van der Waals surface area contributed by atoms with Gasteiger partial charge in [-0.25, -0.2) is 9.18 Å². The van der Waals surface area contributed by atoms with Crippen molar-refractivity contribution in [1.82, 2.24) is 0 Å². The minimum atomic E-state index is -0.532. The molecule has 0 spiro atoms. The summed E-state index contributed by atoms with van der Waals surface area (Å²) in [4.78, 5) is 11.5. The van der Waals surface area contributed by atoms with E-state index >= 15 is 0 Å². The first-order valence-corrected chi connectivity index (χ1v) is 6.09. The van der Waals surface area contributed by atoms with Gasteiger partial charge in [-0.1, -0.05) is 30.3 Å². The van der Waals surface area contributed by atoms with Gasteiger partial charge in [0, 0.05) is 17.3 Å². The fourth-order valence-corrected chi connectivity index (χ4v) is 1.64. The van der Waals surface area contributed by atoms with E-state index in [2.05, 4.69) is 0 Å². The van der Waals surface area contributed by atoms with Crippen LogP contribution in [0.4, 0.5) is 10.1 Å². The normalized spacial score (nSPS) is 10.7. The average Bonchev–Trinajstić information content (AvgIpc) is 2.44. The highest BCUT2D eigenvalue weighted by Gasteiger charge is 2.03. The minimum absolute atomic E-state index is 0.0905. The van der Waals surface area contributed by atoms with E-state index in [-0.39, 0.29) is 12.4 Å². The summed E-state index contributed by atoms with van der Waals surface area (Å²) in [5, 5.41) is 0. The van der Waals surface area contributed by atoms with Gasteiger partial charge < -0.3 is 10.5 Å². The highest BCUT2D eigenvalue weighted by molar-refractivity contribution is 5.87. The number of anilines is 1. The lowest BCUT2D eigenvalue weighted by atomic mass is 10.2. The van der Waals surface area contributed by atoms with Gasteiger partial charge in [0.1, 0.15) is 12.4 Å². The number of carbonyl (C=O) groups is 1. The molecule has 0 atom stereocenters. The van der Waals surface area contributed by atoms with Crippen molar-refractivity contribution in [2.75, 3.05) is 5.73 Å². The fraction of sp³-hybridized carbons (Fsp3) is 0.0625. The SMILES string of the molecule is Nc1cccc(/C=C/C(=O)OCc2ccccc2F)c1. The summed E-state index contributed by atoms with van der Waals surface area (Å²) in [5.41, 5.74) is 7.39. The number of esters is 1. The smallest absolute Gasteiger partial charge is 0.331 e. The van der Waals surface area contributed by atoms with E-state index in [1.807, 2.05) is 6.07 Å². The standard InChI is InChI=1S/C16H14FNO2/c17-15-7-2-1-5-13(15)11-20-16(19)9-8-12-4-3-6-14(18)10-12/h1-10H,11,18H2/b9-8+. The van der Waals surface area contributed by atoms with Crippen molar-refractivity contribution in [3.8, 4) is 0 Å². The molecule has 0 aliphatic rings. The molecule has 0 unspecified atom stereocenters. The molecule has 102 valence electrons. The van der Waals surface area contributed by atoms with E-state index in [1.54, 1.807) is 42.5 Å². The van der Waals surface area contributed by atoms with E-state index < -0.39 is 5.97 Å². The predicted molar refractivity (Wildman–Crippen MR) is 76.1 cm³/mol. The third kappa shape index (κ3) is 3.95. The number of nitrogen functional groups attached to an aromatic ring is 1. The third-order valence-electron chi connectivity index (χ3n) is 2.65. The van der Waals surface area contributed by atoms with Crippen molar-refractivity contribution in [1.29, 1.82) is 0 Å². The summed E-state index contributed by atoms with van der Waals surface area (Å²) in [6.07, 6.45) is 2.88. The molecule has 0 aliphatic carbocycles. The minimum Gasteiger partial charge on any atom is -0.458 e. The summed E-state index contributed by atoms with van der Waals surface area (Å²) in [5.74, 6) is -0.921. The Bertz CT molecular complexity index is 638. The average molecular weight is 271 g/mol. The van der Waals surface area contributed by atoms with Crippen molar-refractivity contribution in [3.63, 3.8) is 0 Å². The lowest BCUT2D eigenvalue weighted by molar-refractivity contribution is -0.138. The van der Waals surface area contributed by atoms with E-state index in [0.717, 1.165) is 5.56 Å². The Morgan fingerprint density at radius 1 is 1.20 bits per heavy atom. The van der Waals surface area contributed by atoms with E-state index in [1.165, 1.54) is 12.1 Å². The molecule has 0 bridgehead atoms. The molecule has 4 heteroatoms. The van der Waals surface area contributed by atoms with E-state index in [4.69, 9.17) is 10.5 Å². The monoisotopic (exact) mass is 271 g/mol. The van der Waals surface area contributed by atoms with Crippen LogP contribution < -0.4 is 5.73 Å². The second-order valence-electron chi connectivity index (χ2n) is 4.20. The predicted octanol–water partition coefficient (Wildman–Crippen LogP) is 3.16. The molecule has 0 radical (unpaired) electrons. The van der Waals surface area contributed by atoms with Crippen molar-refractivity contribution in [2.45, 2.75) is 6.61 Å². The Morgan fingerprint density at radius 3 is 2.75 bits per heavy atom. The van der Waals surface area contributed by atoms with Gasteiger partial charge in [0.05, 0.1) is 0 Å². The number of carbonyl (C=O) groups excluding carboxylic acids is 1. The van der Waals surface area contributed by atoms with Crippen molar-refractivity contribution < 1.29 is 13.9 Å². The molecule has 0 aliphatic heterocycles. The fourth-order valence-electron chi connectivity index (χ4n) is 1.64. The maximum Gasteiger partial charge on any atom is 0.331 e. The molecule has 0 amide bonds. The van der Waals surface area contributed by atoms with Gasteiger partial charge in [-0.05, 0) is 29.8 Å². The lowest BCUT2D eigenvalue weighted by Gasteiger charge is -2.03. The van der Waals surface area contributed by atoms with Crippen LogP contribution in [-0.4, -0.2) is 5.97 Å². The highest BCUT2D eigenvalue weighted by Crippen LogP contribution is 2.10. The molecule has 0 fully saturated rings. The van der Waals surface area contributed by atoms with Crippen molar-refractivity contribution >= 4 is 17.7 Å². The van der Waals surface area contributed by atoms with Crippen LogP contribution >= 0.6 is 0 Å². The zero-order valence-electron chi connectivity index (χ0n) is 10.8. The zero-order valence-corrected chi connectivity index (χ0v) is 10.8. The van der Waals surface area contributed by atoms with Crippen LogP contribution in [0.3, 0.4) is 0 Å². The first-order valence-electron chi connectivity index (χ1n) is 6.09. The van der Waals surface area contributed by atoms with Gasteiger partial charge in [-0.3, -0.25) is 0 Å². The number of benzene rings is 2. The molecule has 2 rings (SSSR count). The number of hydrogen-bond donors (Lipinski definition) is 1. The van der Waals surface area contributed by atoms with Crippen LogP contribution in [0.25, 0.3) is 6.08 Å². The molecule has 0 heterocycles. The molecular formula is C16H14FNO2. The van der Waals surface area contributed by atoms with Crippen LogP contribution in [-0.2, 0) is 16.1 Å². The number of halogens is 1. The second kappa shape index (κ2) is 6.52. The Labute approximate surface area is 116 Å². The highest BCUT2D eigenvalue weighted by atomic mass is 19.1. The maximum absolute atomic E-state index is 13.3. The summed E-state index contributed by atoms with van der Waals surface area (Å²) in [6, 6.07) is 13.3. The Balaban J connectivity index is 1.91. The molecule has 20 heavy (non-hydrogen) atoms. The lowest BCUT2D eigenvalue weighted by Crippen LogP contribution is -2.02. The molecule has 2 aromatic rings. The second-order valence-corrected chi connectivity index (χ2v) is 4.20. The molecular weight excluding hydrogens is 257 g/mol. The summed E-state index contributed by atoms with van der Waals surface area (Å²) in [6.45, 7) is -0.0905. The van der Waals surface area contributed by atoms with Gasteiger partial charge in [0.25, 0.3) is 0 Å². The van der Waals surface area contributed by atoms with Gasteiger partial charge in [0.15, 0.2) is 0 Å². The zero-order chi connectivity index (χ0) is 14.4. The molecule has 2 aromatic carbocycles. The molecule has 0 aromatic heterocycles. The quantitative estimate of drug-likeness (QED) is 0.528. The van der Waals surface area contributed by atoms with Gasteiger partial charge >= 0.3 is 5.97 Å². The number of nitrogens with two attached hydrogens (primary N) is 1. The van der Waals surface area contributed by atoms with Gasteiger partial charge in [-0.2, -0.15) is 0 Å². The summed E-state index contributed by atoms with van der Waals surface area (Å²) in [7, 11) is 0. The first-order chi connectivity index (χ1) is 9.65. The van der Waals surface area contributed by atoms with Gasteiger partial charge in [-0.15, -0.1) is 0 Å². The Kier molecular flexibility index (Phi) is 4.50. The van der Waals surface area contributed by atoms with E-state index in [0.29, 0.717) is 11.3 Å². The Morgan fingerprint density at radius 2 is 2.00 bits per heavy atom. The third-order valence-corrected chi connectivity index (χ3v) is 2.65. The first kappa shape index (κ1) is 13.8. The Hall–Kier alpha value is -2.62. The van der Waals surface area contributed by atoms with Crippen LogP contribution in [0.1, 0.15) is 11.1 Å². The summed E-state index contributed by atoms with van der Waals surface area (Å²) >= 11 is 0. The number of ether oxygens (including phenoxy) is 1. The number of hydrogen-bond acceptors (Lipinski definition) is 3. The summed E-state index contributed by atoms with van der Waals surface area (Å²) < 4.78 is 18.3. The topological polar surface area (TPSA) is 52.3 Å². The number of rotatable bonds is 4. The van der Waals surface area contributed by atoms with Crippen LogP contribution in [0.5, 0.6) is 0 Å².